The first-order chi connectivity index (χ1) is 9.99. The summed E-state index contributed by atoms with van der Waals surface area (Å²) in [4.78, 5) is 11.9. The number of hydrogen-bond acceptors (Lipinski definition) is 3. The Bertz CT molecular complexity index is 557. The lowest BCUT2D eigenvalue weighted by molar-refractivity contribution is 0.0231. The highest BCUT2D eigenvalue weighted by atomic mass is 16.5. The Kier molecular flexibility index (Phi) is 3.76. The van der Waals surface area contributed by atoms with Crippen LogP contribution >= 0.6 is 0 Å². The molecule has 2 aliphatic heterocycles. The molecule has 5 atom stereocenters. The predicted octanol–water partition coefficient (Wildman–Crippen LogP) is 2.07. The van der Waals surface area contributed by atoms with Crippen LogP contribution in [0.4, 0.5) is 0 Å². The Morgan fingerprint density at radius 1 is 1.29 bits per heavy atom. The number of fused-ring (bicyclic) bond motifs is 1. The molecule has 0 saturated carbocycles. The second kappa shape index (κ2) is 5.43. The second-order valence-corrected chi connectivity index (χ2v) is 6.35. The van der Waals surface area contributed by atoms with Gasteiger partial charge in [-0.3, -0.25) is 4.79 Å². The van der Waals surface area contributed by atoms with Crippen molar-refractivity contribution >= 4 is 5.91 Å². The lowest BCUT2D eigenvalue weighted by Crippen LogP contribution is -2.32. The summed E-state index contributed by atoms with van der Waals surface area (Å²) in [7, 11) is 0. The van der Waals surface area contributed by atoms with Crippen molar-refractivity contribution in [3.05, 3.63) is 34.9 Å². The first-order valence-electron chi connectivity index (χ1n) is 7.73. The van der Waals surface area contributed by atoms with Crippen LogP contribution < -0.4 is 5.32 Å². The molecule has 1 fully saturated rings. The Balaban J connectivity index is 1.90. The van der Waals surface area contributed by atoms with Gasteiger partial charge in [0, 0.05) is 18.0 Å². The van der Waals surface area contributed by atoms with Crippen molar-refractivity contribution in [1.82, 2.24) is 5.32 Å². The van der Waals surface area contributed by atoms with Crippen molar-refractivity contribution in [1.29, 1.82) is 0 Å². The number of carbonyl (C=O) groups is 1. The van der Waals surface area contributed by atoms with Crippen LogP contribution in [0.3, 0.4) is 0 Å². The number of hydrogen-bond donors (Lipinski definition) is 2. The minimum Gasteiger partial charge on any atom is -0.388 e. The maximum atomic E-state index is 11.9. The number of aliphatic hydroxyl groups is 1. The molecule has 0 bridgehead atoms. The van der Waals surface area contributed by atoms with Crippen LogP contribution in [0.2, 0.25) is 0 Å². The van der Waals surface area contributed by atoms with Crippen LogP contribution in [0, 0.1) is 11.8 Å². The maximum absolute atomic E-state index is 11.9. The van der Waals surface area contributed by atoms with E-state index in [0.29, 0.717) is 18.0 Å². The Morgan fingerprint density at radius 2 is 2.05 bits per heavy atom. The standard InChI is InChI=1S/C17H23NO3/c1-9-10(2)21-11(3)15(9)16(19)13-5-4-12-6-7-18-17(20)14(12)8-13/h4-5,8-11,15-16,19H,6-7H2,1-3H3,(H,18,20). The fourth-order valence-corrected chi connectivity index (χ4v) is 3.67. The maximum Gasteiger partial charge on any atom is 0.251 e. The summed E-state index contributed by atoms with van der Waals surface area (Å²) in [6.45, 7) is 6.87. The highest BCUT2D eigenvalue weighted by Crippen LogP contribution is 2.40. The van der Waals surface area contributed by atoms with Gasteiger partial charge >= 0.3 is 0 Å². The number of nitrogens with one attached hydrogen (secondary N) is 1. The van der Waals surface area contributed by atoms with Crippen LogP contribution in [0.25, 0.3) is 0 Å². The van der Waals surface area contributed by atoms with Gasteiger partial charge in [-0.25, -0.2) is 0 Å². The van der Waals surface area contributed by atoms with Gasteiger partial charge in [0.1, 0.15) is 0 Å². The largest absolute Gasteiger partial charge is 0.388 e. The van der Waals surface area contributed by atoms with E-state index in [2.05, 4.69) is 12.2 Å². The normalized spacial score (nSPS) is 33.4. The van der Waals surface area contributed by atoms with E-state index in [-0.39, 0.29) is 24.0 Å². The molecule has 1 aromatic rings. The quantitative estimate of drug-likeness (QED) is 0.876. The van der Waals surface area contributed by atoms with Gasteiger partial charge in [-0.1, -0.05) is 19.1 Å². The van der Waals surface area contributed by atoms with Crippen LogP contribution in [0.5, 0.6) is 0 Å². The van der Waals surface area contributed by atoms with Crippen LogP contribution in [-0.2, 0) is 11.2 Å². The third-order valence-corrected chi connectivity index (χ3v) is 5.08. The van der Waals surface area contributed by atoms with Crippen molar-refractivity contribution in [2.75, 3.05) is 6.54 Å². The van der Waals surface area contributed by atoms with Crippen LogP contribution in [-0.4, -0.2) is 29.8 Å². The Morgan fingerprint density at radius 3 is 2.71 bits per heavy atom. The fourth-order valence-electron chi connectivity index (χ4n) is 3.67. The molecule has 2 heterocycles. The van der Waals surface area contributed by atoms with E-state index in [1.807, 2.05) is 32.0 Å². The average Bonchev–Trinajstić information content (AvgIpc) is 2.71. The number of aliphatic hydroxyl groups excluding tert-OH is 1. The molecule has 4 nitrogen and oxygen atoms in total. The fraction of sp³-hybridized carbons (Fsp3) is 0.588. The summed E-state index contributed by atoms with van der Waals surface area (Å²) in [5, 5.41) is 13.6. The molecule has 1 saturated heterocycles. The van der Waals surface area contributed by atoms with Crippen LogP contribution in [0.15, 0.2) is 18.2 Å². The summed E-state index contributed by atoms with van der Waals surface area (Å²) in [6.07, 6.45) is 0.434. The first kappa shape index (κ1) is 14.5. The van der Waals surface area contributed by atoms with Gasteiger partial charge < -0.3 is 15.2 Å². The molecule has 1 aromatic carbocycles. The minimum absolute atomic E-state index is 0.0230. The molecule has 2 aliphatic rings. The summed E-state index contributed by atoms with van der Waals surface area (Å²) in [5.41, 5.74) is 2.57. The van der Waals surface area contributed by atoms with E-state index in [4.69, 9.17) is 4.74 Å². The van der Waals surface area contributed by atoms with E-state index in [1.165, 1.54) is 0 Å². The topological polar surface area (TPSA) is 58.6 Å². The predicted molar refractivity (Wildman–Crippen MR) is 80.1 cm³/mol. The zero-order chi connectivity index (χ0) is 15.1. The number of rotatable bonds is 2. The third-order valence-electron chi connectivity index (χ3n) is 5.08. The molecule has 21 heavy (non-hydrogen) atoms. The van der Waals surface area contributed by atoms with E-state index in [1.54, 1.807) is 0 Å². The van der Waals surface area contributed by atoms with E-state index < -0.39 is 6.10 Å². The Hall–Kier alpha value is -1.39. The third kappa shape index (κ3) is 2.47. The van der Waals surface area contributed by atoms with Crippen molar-refractivity contribution in [2.45, 2.75) is 45.5 Å². The molecule has 5 unspecified atom stereocenters. The Labute approximate surface area is 125 Å². The van der Waals surface area contributed by atoms with Gasteiger partial charge in [0.15, 0.2) is 0 Å². The lowest BCUT2D eigenvalue weighted by atomic mass is 9.81. The average molecular weight is 289 g/mol. The molecule has 2 N–H and O–H groups in total. The van der Waals surface area contributed by atoms with E-state index in [0.717, 1.165) is 17.5 Å². The lowest BCUT2D eigenvalue weighted by Gasteiger charge is -2.26. The number of ether oxygens (including phenoxy) is 1. The van der Waals surface area contributed by atoms with Gasteiger partial charge in [-0.05, 0) is 43.4 Å². The molecular formula is C17H23NO3. The highest BCUT2D eigenvalue weighted by molar-refractivity contribution is 5.96. The summed E-state index contributed by atoms with van der Waals surface area (Å²) in [5.74, 6) is 0.312. The van der Waals surface area contributed by atoms with E-state index >= 15 is 0 Å². The summed E-state index contributed by atoms with van der Waals surface area (Å²) in [6, 6.07) is 5.77. The van der Waals surface area contributed by atoms with Gasteiger partial charge in [-0.15, -0.1) is 0 Å². The minimum atomic E-state index is -0.597. The number of amides is 1. The van der Waals surface area contributed by atoms with Crippen molar-refractivity contribution in [3.63, 3.8) is 0 Å². The van der Waals surface area contributed by atoms with Crippen molar-refractivity contribution < 1.29 is 14.6 Å². The molecule has 114 valence electrons. The van der Waals surface area contributed by atoms with Gasteiger partial charge in [-0.2, -0.15) is 0 Å². The molecular weight excluding hydrogens is 266 g/mol. The molecule has 0 spiro atoms. The smallest absolute Gasteiger partial charge is 0.251 e. The number of benzene rings is 1. The van der Waals surface area contributed by atoms with Crippen LogP contribution in [0.1, 0.15) is 48.4 Å². The highest BCUT2D eigenvalue weighted by Gasteiger charge is 2.41. The summed E-state index contributed by atoms with van der Waals surface area (Å²) >= 11 is 0. The van der Waals surface area contributed by atoms with E-state index in [9.17, 15) is 9.90 Å². The molecule has 0 aliphatic carbocycles. The molecule has 0 radical (unpaired) electrons. The van der Waals surface area contributed by atoms with Gasteiger partial charge in [0.05, 0.1) is 18.3 Å². The monoisotopic (exact) mass is 289 g/mol. The zero-order valence-electron chi connectivity index (χ0n) is 12.8. The number of carbonyl (C=O) groups excluding carboxylic acids is 1. The first-order valence-corrected chi connectivity index (χ1v) is 7.73. The van der Waals surface area contributed by atoms with Crippen molar-refractivity contribution in [3.8, 4) is 0 Å². The second-order valence-electron chi connectivity index (χ2n) is 6.35. The SMILES string of the molecule is CC1OC(C)C(C(O)c2ccc3c(c2)C(=O)NCC3)C1C. The molecule has 0 aromatic heterocycles. The molecule has 3 rings (SSSR count). The van der Waals surface area contributed by atoms with Gasteiger partial charge in [0.2, 0.25) is 0 Å². The zero-order valence-corrected chi connectivity index (χ0v) is 12.8. The molecule has 4 heteroatoms. The van der Waals surface area contributed by atoms with Gasteiger partial charge in [0.25, 0.3) is 5.91 Å². The summed E-state index contributed by atoms with van der Waals surface area (Å²) < 4.78 is 5.82. The van der Waals surface area contributed by atoms with Crippen molar-refractivity contribution in [2.24, 2.45) is 11.8 Å². The molecule has 1 amide bonds.